The number of nitrogens with zero attached hydrogens (tertiary/aromatic N) is 1. The van der Waals surface area contributed by atoms with E-state index in [0.29, 0.717) is 6.04 Å². The fraction of sp³-hybridized carbons (Fsp3) is 0.889. The summed E-state index contributed by atoms with van der Waals surface area (Å²) in [5.74, 6) is 0. The Morgan fingerprint density at radius 1 is 0.909 bits per heavy atom. The molecule has 1 aliphatic heterocycles. The van der Waals surface area contributed by atoms with E-state index >= 15 is 0 Å². The Hall–Kier alpha value is 0.639. The molecule has 1 atom stereocenters. The van der Waals surface area contributed by atoms with Crippen molar-refractivity contribution in [3.63, 3.8) is 0 Å². The van der Waals surface area contributed by atoms with Crippen molar-refractivity contribution in [2.75, 3.05) is 6.54 Å². The summed E-state index contributed by atoms with van der Waals surface area (Å²) in [4.78, 5) is 3.93. The molecule has 1 heterocycles. The summed E-state index contributed by atoms with van der Waals surface area (Å²) >= 11 is 0. The fourth-order valence-electron chi connectivity index (χ4n) is 0.797. The van der Waals surface area contributed by atoms with Crippen molar-refractivity contribution in [3.05, 3.63) is 7.43 Å². The van der Waals surface area contributed by atoms with E-state index in [1.54, 1.807) is 6.34 Å². The maximum atomic E-state index is 3.93. The Balaban J connectivity index is -0.0000000189. The number of unbranched alkanes of at least 4 members (excludes halogenated alkanes) is 2. The topological polar surface area (TPSA) is 24.4 Å². The second kappa shape index (κ2) is 81.4. The van der Waals surface area contributed by atoms with E-state index in [4.69, 9.17) is 0 Å². The molecule has 0 aromatic carbocycles. The Kier molecular flexibility index (Phi) is 183. The second-order valence-corrected chi connectivity index (χ2v) is 2.92. The van der Waals surface area contributed by atoms with Crippen molar-refractivity contribution in [3.8, 4) is 0 Å². The van der Waals surface area contributed by atoms with Gasteiger partial charge in [0.1, 0.15) is 0 Å². The summed E-state index contributed by atoms with van der Waals surface area (Å²) in [5, 5.41) is 3.03. The first-order valence-electron chi connectivity index (χ1n) is 8.55. The average Bonchev–Trinajstić information content (AvgIpc) is 3.00. The summed E-state index contributed by atoms with van der Waals surface area (Å²) < 4.78 is 0. The van der Waals surface area contributed by atoms with Crippen molar-refractivity contribution in [1.29, 1.82) is 0 Å². The van der Waals surface area contributed by atoms with Crippen molar-refractivity contribution in [2.24, 2.45) is 4.99 Å². The summed E-state index contributed by atoms with van der Waals surface area (Å²) in [6.07, 6.45) is 5.83. The normalized spacial score (nSPS) is 11.3. The van der Waals surface area contributed by atoms with Gasteiger partial charge in [-0.1, -0.05) is 88.5 Å². The standard InChI is InChI=1S/C5H12.C4H8N2.4C2H6.CH3.B.Y/c1-3-5-4-2;1-4-2-5-3-6-4;4*1-2;;;/h3-5H2,1-2H3;3-4H,2H2,1H3,(H,5,6);4*1-2H3;1H3;;/q;;;;;;-1;;. The van der Waals surface area contributed by atoms with Gasteiger partial charge in [-0.15, -0.1) is 0 Å². The zero-order valence-corrected chi connectivity index (χ0v) is 20.9. The monoisotopic (exact) mass is 391 g/mol. The van der Waals surface area contributed by atoms with Crippen LogP contribution in [0.2, 0.25) is 0 Å². The maximum absolute atomic E-state index is 3.93. The van der Waals surface area contributed by atoms with E-state index in [-0.39, 0.29) is 48.5 Å². The van der Waals surface area contributed by atoms with E-state index in [0.717, 1.165) is 6.54 Å². The molecule has 0 aromatic rings. The largest absolute Gasteiger partial charge is 0.372 e. The van der Waals surface area contributed by atoms with Crippen LogP contribution in [0.15, 0.2) is 4.99 Å². The zero-order valence-electron chi connectivity index (χ0n) is 18.1. The van der Waals surface area contributed by atoms with Crippen molar-refractivity contribution in [1.82, 2.24) is 5.32 Å². The van der Waals surface area contributed by atoms with E-state index in [1.807, 2.05) is 55.4 Å². The van der Waals surface area contributed by atoms with Gasteiger partial charge in [0.25, 0.3) is 0 Å². The van der Waals surface area contributed by atoms with Gasteiger partial charge in [0.05, 0.1) is 12.9 Å². The molecule has 4 radical (unpaired) electrons. The molecule has 0 bridgehead atoms. The summed E-state index contributed by atoms with van der Waals surface area (Å²) in [6.45, 7) is 23.5. The molecule has 1 rings (SSSR count). The summed E-state index contributed by atoms with van der Waals surface area (Å²) in [6, 6.07) is 0.574. The fourth-order valence-corrected chi connectivity index (χ4v) is 0.797. The smallest absolute Gasteiger partial charge is 0.0827 e. The van der Waals surface area contributed by atoms with Gasteiger partial charge in [0, 0.05) is 47.2 Å². The van der Waals surface area contributed by atoms with Crippen LogP contribution < -0.4 is 5.32 Å². The average molecular weight is 391 g/mol. The number of rotatable bonds is 2. The molecule has 0 fully saturated rings. The number of hydrogen-bond acceptors (Lipinski definition) is 2. The minimum absolute atomic E-state index is 0. The molecular formula is C18H47BN2Y-. The number of aliphatic imine (C=N–C) groups is 1. The molecule has 0 saturated carbocycles. The minimum atomic E-state index is 0. The van der Waals surface area contributed by atoms with Crippen LogP contribution in [0, 0.1) is 7.43 Å². The third-order valence-electron chi connectivity index (χ3n) is 1.54. The van der Waals surface area contributed by atoms with Crippen LogP contribution in [0.1, 0.15) is 95.4 Å². The second-order valence-electron chi connectivity index (χ2n) is 2.92. The first-order chi connectivity index (χ1) is 9.31. The molecule has 22 heavy (non-hydrogen) atoms. The molecule has 0 amide bonds. The molecule has 0 aliphatic carbocycles. The third kappa shape index (κ3) is 85.7. The molecule has 0 aromatic heterocycles. The summed E-state index contributed by atoms with van der Waals surface area (Å²) in [5.41, 5.74) is 0. The summed E-state index contributed by atoms with van der Waals surface area (Å²) in [7, 11) is 0. The van der Waals surface area contributed by atoms with Gasteiger partial charge in [-0.25, -0.2) is 0 Å². The first kappa shape index (κ1) is 49.5. The molecule has 0 saturated heterocycles. The molecule has 1 aliphatic rings. The van der Waals surface area contributed by atoms with Gasteiger partial charge in [0.15, 0.2) is 0 Å². The van der Waals surface area contributed by atoms with Gasteiger partial charge >= 0.3 is 0 Å². The Bertz CT molecular complexity index is 103. The Labute approximate surface area is 172 Å². The van der Waals surface area contributed by atoms with Crippen LogP contribution in [0.25, 0.3) is 0 Å². The van der Waals surface area contributed by atoms with Crippen LogP contribution in [-0.4, -0.2) is 27.3 Å². The van der Waals surface area contributed by atoms with E-state index in [1.165, 1.54) is 19.3 Å². The van der Waals surface area contributed by atoms with Crippen molar-refractivity contribution < 1.29 is 32.7 Å². The Morgan fingerprint density at radius 3 is 1.27 bits per heavy atom. The van der Waals surface area contributed by atoms with Crippen LogP contribution >= 0.6 is 0 Å². The minimum Gasteiger partial charge on any atom is -0.372 e. The molecule has 0 spiro atoms. The van der Waals surface area contributed by atoms with Crippen LogP contribution in [0.3, 0.4) is 0 Å². The molecule has 2 nitrogen and oxygen atoms in total. The van der Waals surface area contributed by atoms with E-state index < -0.39 is 0 Å². The van der Waals surface area contributed by atoms with Gasteiger partial charge in [0.2, 0.25) is 0 Å². The molecule has 136 valence electrons. The van der Waals surface area contributed by atoms with Crippen LogP contribution in [0.5, 0.6) is 0 Å². The van der Waals surface area contributed by atoms with Gasteiger partial charge in [-0.2, -0.15) is 0 Å². The van der Waals surface area contributed by atoms with Gasteiger partial charge < -0.3 is 12.7 Å². The number of nitrogens with one attached hydrogen (secondary N) is 1. The predicted molar refractivity (Wildman–Crippen MR) is 109 cm³/mol. The molecule has 4 heteroatoms. The van der Waals surface area contributed by atoms with Gasteiger partial charge in [-0.3, -0.25) is 4.99 Å². The predicted octanol–water partition coefficient (Wildman–Crippen LogP) is 6.37. The quantitative estimate of drug-likeness (QED) is 0.429. The zero-order chi connectivity index (χ0) is 16.5. The first-order valence-corrected chi connectivity index (χ1v) is 8.55. The molecule has 1 N–H and O–H groups in total. The molecular weight excluding hydrogens is 344 g/mol. The SMILES string of the molecule is CC.CC.CC.CC.CC1CN=CN1.CCCCC.[B].[CH3-].[Y]. The van der Waals surface area contributed by atoms with Gasteiger partial charge in [-0.05, 0) is 6.92 Å². The van der Waals surface area contributed by atoms with E-state index in [9.17, 15) is 0 Å². The third-order valence-corrected chi connectivity index (χ3v) is 1.54. The van der Waals surface area contributed by atoms with E-state index in [2.05, 4.69) is 31.1 Å². The molecule has 1 unspecified atom stereocenters. The van der Waals surface area contributed by atoms with Crippen LogP contribution in [0.4, 0.5) is 0 Å². The maximum Gasteiger partial charge on any atom is 0.0827 e. The Morgan fingerprint density at radius 2 is 1.23 bits per heavy atom. The number of hydrogen-bond donors (Lipinski definition) is 1. The van der Waals surface area contributed by atoms with Crippen molar-refractivity contribution in [2.45, 2.75) is 101 Å². The van der Waals surface area contributed by atoms with Crippen molar-refractivity contribution >= 4 is 14.8 Å². The van der Waals surface area contributed by atoms with Crippen LogP contribution in [-0.2, 0) is 32.7 Å².